The molecule has 1 amide bonds. The molecule has 0 fully saturated rings. The Morgan fingerprint density at radius 1 is 1.40 bits per heavy atom. The van der Waals surface area contributed by atoms with Crippen molar-refractivity contribution in [2.24, 2.45) is 5.92 Å². The van der Waals surface area contributed by atoms with E-state index < -0.39 is 5.60 Å². The maximum absolute atomic E-state index is 12.0. The number of H-pyrrole nitrogens is 1. The summed E-state index contributed by atoms with van der Waals surface area (Å²) in [7, 11) is 0. The highest BCUT2D eigenvalue weighted by molar-refractivity contribution is 5.77. The standard InChI is InChI=1S/C15H27N3O2/c1-9(2)15(6,20)8-16-13(19)7-10(3)14-11(4)17-18-12(14)5/h9-10,20H,7-8H2,1-6H3,(H,16,19)(H,17,18). The van der Waals surface area contributed by atoms with Gasteiger partial charge in [0.05, 0.1) is 11.3 Å². The summed E-state index contributed by atoms with van der Waals surface area (Å²) >= 11 is 0. The van der Waals surface area contributed by atoms with Crippen LogP contribution in [0.4, 0.5) is 0 Å². The van der Waals surface area contributed by atoms with Gasteiger partial charge in [0, 0.05) is 18.7 Å². The molecule has 5 nitrogen and oxygen atoms in total. The summed E-state index contributed by atoms with van der Waals surface area (Å²) in [4.78, 5) is 12.0. The Labute approximate surface area is 121 Å². The van der Waals surface area contributed by atoms with E-state index in [1.54, 1.807) is 6.92 Å². The van der Waals surface area contributed by atoms with Crippen molar-refractivity contribution in [3.63, 3.8) is 0 Å². The molecule has 114 valence electrons. The molecule has 0 aromatic carbocycles. The van der Waals surface area contributed by atoms with Crippen molar-refractivity contribution < 1.29 is 9.90 Å². The van der Waals surface area contributed by atoms with Crippen molar-refractivity contribution >= 4 is 5.91 Å². The first-order chi connectivity index (χ1) is 9.15. The second-order valence-electron chi connectivity index (χ2n) is 6.24. The van der Waals surface area contributed by atoms with Crippen molar-refractivity contribution in [3.05, 3.63) is 17.0 Å². The number of aryl methyl sites for hydroxylation is 2. The Morgan fingerprint density at radius 3 is 2.45 bits per heavy atom. The third-order valence-electron chi connectivity index (χ3n) is 4.06. The Bertz CT molecular complexity index is 444. The van der Waals surface area contributed by atoms with Gasteiger partial charge in [-0.2, -0.15) is 5.10 Å². The Balaban J connectivity index is 2.55. The normalized spacial score (nSPS) is 16.0. The molecule has 1 rings (SSSR count). The molecule has 0 aliphatic heterocycles. The topological polar surface area (TPSA) is 78.0 Å². The molecule has 0 radical (unpaired) electrons. The van der Waals surface area contributed by atoms with Crippen LogP contribution in [-0.4, -0.2) is 33.4 Å². The van der Waals surface area contributed by atoms with Crippen LogP contribution in [0.5, 0.6) is 0 Å². The van der Waals surface area contributed by atoms with E-state index in [4.69, 9.17) is 0 Å². The molecule has 5 heteroatoms. The van der Waals surface area contributed by atoms with E-state index >= 15 is 0 Å². The van der Waals surface area contributed by atoms with Gasteiger partial charge in [-0.05, 0) is 38.2 Å². The summed E-state index contributed by atoms with van der Waals surface area (Å²) in [6, 6.07) is 0. The highest BCUT2D eigenvalue weighted by Gasteiger charge is 2.26. The number of rotatable bonds is 6. The Morgan fingerprint density at radius 2 is 2.00 bits per heavy atom. The minimum absolute atomic E-state index is 0.0431. The van der Waals surface area contributed by atoms with Crippen molar-refractivity contribution in [1.29, 1.82) is 0 Å². The van der Waals surface area contributed by atoms with E-state index in [-0.39, 0.29) is 24.3 Å². The number of hydrogen-bond donors (Lipinski definition) is 3. The van der Waals surface area contributed by atoms with E-state index in [1.807, 2.05) is 34.6 Å². The molecule has 0 bridgehead atoms. The molecule has 2 unspecified atom stereocenters. The number of aromatic amines is 1. The summed E-state index contributed by atoms with van der Waals surface area (Å²) in [5.74, 6) is 0.162. The largest absolute Gasteiger partial charge is 0.388 e. The number of carbonyl (C=O) groups is 1. The van der Waals surface area contributed by atoms with E-state index in [1.165, 1.54) is 0 Å². The van der Waals surface area contributed by atoms with Crippen LogP contribution in [0.3, 0.4) is 0 Å². The van der Waals surface area contributed by atoms with Gasteiger partial charge in [-0.1, -0.05) is 20.8 Å². The lowest BCUT2D eigenvalue weighted by Crippen LogP contribution is -2.44. The smallest absolute Gasteiger partial charge is 0.220 e. The van der Waals surface area contributed by atoms with Crippen LogP contribution < -0.4 is 5.32 Å². The molecule has 2 atom stereocenters. The van der Waals surface area contributed by atoms with E-state index in [2.05, 4.69) is 15.5 Å². The zero-order chi connectivity index (χ0) is 15.5. The third-order valence-corrected chi connectivity index (χ3v) is 4.06. The van der Waals surface area contributed by atoms with Crippen LogP contribution in [0.15, 0.2) is 0 Å². The fourth-order valence-electron chi connectivity index (χ4n) is 2.22. The highest BCUT2D eigenvalue weighted by atomic mass is 16.3. The van der Waals surface area contributed by atoms with Crippen LogP contribution in [0, 0.1) is 19.8 Å². The molecule has 1 heterocycles. The molecule has 3 N–H and O–H groups in total. The lowest BCUT2D eigenvalue weighted by molar-refractivity contribution is -0.123. The number of aromatic nitrogens is 2. The molecule has 0 aliphatic carbocycles. The zero-order valence-electron chi connectivity index (χ0n) is 13.4. The van der Waals surface area contributed by atoms with E-state index in [0.717, 1.165) is 17.0 Å². The quantitative estimate of drug-likeness (QED) is 0.746. The second-order valence-corrected chi connectivity index (χ2v) is 6.24. The summed E-state index contributed by atoms with van der Waals surface area (Å²) in [5, 5.41) is 20.0. The van der Waals surface area contributed by atoms with Crippen LogP contribution in [-0.2, 0) is 4.79 Å². The fraction of sp³-hybridized carbons (Fsp3) is 0.733. The summed E-state index contributed by atoms with van der Waals surface area (Å²) in [5.41, 5.74) is 2.19. The van der Waals surface area contributed by atoms with Crippen molar-refractivity contribution in [1.82, 2.24) is 15.5 Å². The first-order valence-corrected chi connectivity index (χ1v) is 7.15. The van der Waals surface area contributed by atoms with Crippen molar-refractivity contribution in [2.75, 3.05) is 6.54 Å². The zero-order valence-corrected chi connectivity index (χ0v) is 13.4. The second kappa shape index (κ2) is 6.39. The van der Waals surface area contributed by atoms with Gasteiger partial charge in [-0.15, -0.1) is 0 Å². The maximum atomic E-state index is 12.0. The van der Waals surface area contributed by atoms with Gasteiger partial charge in [0.1, 0.15) is 0 Å². The molecule has 0 saturated heterocycles. The minimum Gasteiger partial charge on any atom is -0.388 e. The van der Waals surface area contributed by atoms with Gasteiger partial charge in [-0.25, -0.2) is 0 Å². The van der Waals surface area contributed by atoms with Gasteiger partial charge in [0.2, 0.25) is 5.91 Å². The lowest BCUT2D eigenvalue weighted by atomic mass is 9.92. The molecule has 0 saturated carbocycles. The van der Waals surface area contributed by atoms with E-state index in [9.17, 15) is 9.90 Å². The Hall–Kier alpha value is -1.36. The average molecular weight is 281 g/mol. The first kappa shape index (κ1) is 16.7. The SMILES string of the molecule is Cc1n[nH]c(C)c1C(C)CC(=O)NCC(C)(O)C(C)C. The monoisotopic (exact) mass is 281 g/mol. The lowest BCUT2D eigenvalue weighted by Gasteiger charge is -2.28. The number of amides is 1. The summed E-state index contributed by atoms with van der Waals surface area (Å²) < 4.78 is 0. The molecule has 1 aromatic rings. The summed E-state index contributed by atoms with van der Waals surface area (Å²) in [6.07, 6.45) is 0.398. The fourth-order valence-corrected chi connectivity index (χ4v) is 2.22. The van der Waals surface area contributed by atoms with E-state index in [0.29, 0.717) is 6.42 Å². The number of carbonyl (C=O) groups excluding carboxylic acids is 1. The van der Waals surface area contributed by atoms with Gasteiger partial charge in [-0.3, -0.25) is 9.89 Å². The predicted molar refractivity (Wildman–Crippen MR) is 79.6 cm³/mol. The van der Waals surface area contributed by atoms with Gasteiger partial charge >= 0.3 is 0 Å². The molecule has 0 aliphatic rings. The molecular weight excluding hydrogens is 254 g/mol. The molecule has 1 aromatic heterocycles. The van der Waals surface area contributed by atoms with Gasteiger partial charge in [0.25, 0.3) is 0 Å². The predicted octanol–water partition coefficient (Wildman–Crippen LogP) is 2.04. The Kier molecular flexibility index (Phi) is 5.34. The third kappa shape index (κ3) is 4.07. The van der Waals surface area contributed by atoms with Crippen LogP contribution in [0.25, 0.3) is 0 Å². The van der Waals surface area contributed by atoms with Crippen LogP contribution in [0.2, 0.25) is 0 Å². The molecule has 0 spiro atoms. The maximum Gasteiger partial charge on any atom is 0.220 e. The van der Waals surface area contributed by atoms with Crippen molar-refractivity contribution in [3.8, 4) is 0 Å². The average Bonchev–Trinajstić information content (AvgIpc) is 2.66. The molecular formula is C15H27N3O2. The minimum atomic E-state index is -0.875. The molecule has 20 heavy (non-hydrogen) atoms. The number of nitrogens with one attached hydrogen (secondary N) is 2. The van der Waals surface area contributed by atoms with Crippen LogP contribution in [0.1, 0.15) is 57.0 Å². The van der Waals surface area contributed by atoms with Gasteiger partial charge < -0.3 is 10.4 Å². The number of hydrogen-bond acceptors (Lipinski definition) is 3. The van der Waals surface area contributed by atoms with Gasteiger partial charge in [0.15, 0.2) is 0 Å². The van der Waals surface area contributed by atoms with Crippen LogP contribution >= 0.6 is 0 Å². The highest BCUT2D eigenvalue weighted by Crippen LogP contribution is 2.24. The van der Waals surface area contributed by atoms with Crippen molar-refractivity contribution in [2.45, 2.75) is 59.5 Å². The summed E-state index contributed by atoms with van der Waals surface area (Å²) in [6.45, 7) is 11.8. The number of aliphatic hydroxyl groups is 1. The number of nitrogens with zero attached hydrogens (tertiary/aromatic N) is 1. The first-order valence-electron chi connectivity index (χ1n) is 7.15.